The van der Waals surface area contributed by atoms with Crippen molar-refractivity contribution in [3.05, 3.63) is 160 Å². The average molecular weight is 1070 g/mol. The molecule has 4 aromatic carbocycles. The minimum atomic E-state index is -2.93. The molecule has 6 aromatic rings. The van der Waals surface area contributed by atoms with E-state index < -0.39 is 19.2 Å². The Hall–Kier alpha value is -4.11. The van der Waals surface area contributed by atoms with Crippen LogP contribution in [0.4, 0.5) is 27.8 Å². The van der Waals surface area contributed by atoms with Gasteiger partial charge in [0.05, 0.1) is 0 Å². The zero-order valence-electron chi connectivity index (χ0n) is 32.7. The van der Waals surface area contributed by atoms with Gasteiger partial charge in [0.15, 0.2) is 0 Å². The summed E-state index contributed by atoms with van der Waals surface area (Å²) in [5.74, 6) is 0.643. The monoisotopic (exact) mass is 1070 g/mol. The van der Waals surface area contributed by atoms with E-state index in [1.807, 2.05) is 24.4 Å². The number of hydrogen-bond donors (Lipinski definition) is 1. The molecule has 0 atom stereocenters. The standard InChI is InChI=1S/C22H19ClF2N2O.C19H13ClF3NO.C3H7N.BH.U/c23-18-4-1-3-17(13-18)19-12-15(5-7-20(19)28-22(24)25)11-16-6-8-21(26-14-16)27-9-2-10-27;20-15-3-1-2-14(10-15)16-9-12(4-6-17(16)25-19(22)23)8-13-5-7-18(21)24-11-13;1-2-4-3-1;;/h1,3-8,12-14,22H,2,9-11H2;1-7,9-11,19H,8H2;4H,1-3H2;1H;/i;;;1D;. The Labute approximate surface area is 377 Å². The maximum Gasteiger partial charge on any atom is 0.387 e. The molecule has 59 heavy (non-hydrogen) atoms. The molecule has 0 aliphatic carbocycles. The molecular weight excluding hydrogens is 1030 g/mol. The number of nitrogens with one attached hydrogen (secondary N) is 1. The second-order valence-corrected chi connectivity index (χ2v) is 14.1. The Kier molecular flexibility index (Phi) is 18.4. The third-order valence-corrected chi connectivity index (χ3v) is 9.56. The van der Waals surface area contributed by atoms with Gasteiger partial charge in [0.25, 0.3) is 0 Å². The summed E-state index contributed by atoms with van der Waals surface area (Å²) in [4.78, 5) is 10.4. The van der Waals surface area contributed by atoms with Gasteiger partial charge in [-0.3, -0.25) is 0 Å². The molecule has 0 saturated carbocycles. The third kappa shape index (κ3) is 14.5. The van der Waals surface area contributed by atoms with E-state index in [0.29, 0.717) is 39.6 Å². The van der Waals surface area contributed by atoms with Crippen LogP contribution in [0.5, 0.6) is 11.5 Å². The van der Waals surface area contributed by atoms with Gasteiger partial charge < -0.3 is 19.7 Å². The van der Waals surface area contributed by atoms with E-state index in [0.717, 1.165) is 46.7 Å². The van der Waals surface area contributed by atoms with Crippen LogP contribution in [0.15, 0.2) is 122 Å². The number of pyridine rings is 2. The fraction of sp³-hybridized carbons (Fsp3) is 0.227. The summed E-state index contributed by atoms with van der Waals surface area (Å²) in [6, 6.07) is 31.2. The Morgan fingerprint density at radius 1 is 0.644 bits per heavy atom. The van der Waals surface area contributed by atoms with Gasteiger partial charge in [0.1, 0.15) is 17.3 Å². The Morgan fingerprint density at radius 3 is 1.46 bits per heavy atom. The number of anilines is 1. The van der Waals surface area contributed by atoms with Crippen molar-refractivity contribution < 1.29 is 62.5 Å². The van der Waals surface area contributed by atoms with Gasteiger partial charge in [-0.05, 0) is 134 Å². The molecule has 0 bridgehead atoms. The summed E-state index contributed by atoms with van der Waals surface area (Å²) in [5.41, 5.74) is 6.20. The normalized spacial score (nSPS) is 12.8. The molecule has 2 aromatic heterocycles. The first kappa shape index (κ1) is 46.0. The molecule has 15 heteroatoms. The van der Waals surface area contributed by atoms with E-state index in [2.05, 4.69) is 39.4 Å². The molecule has 2 radical (unpaired) electrons. The van der Waals surface area contributed by atoms with Crippen LogP contribution in [0.3, 0.4) is 0 Å². The maximum atomic E-state index is 12.9. The second-order valence-electron chi connectivity index (χ2n) is 13.3. The zero-order valence-corrected chi connectivity index (χ0v) is 37.4. The van der Waals surface area contributed by atoms with Gasteiger partial charge in [0.2, 0.25) is 5.95 Å². The molecule has 2 saturated heterocycles. The molecule has 8 rings (SSSR count). The first-order valence-electron chi connectivity index (χ1n) is 18.9. The summed E-state index contributed by atoms with van der Waals surface area (Å²) in [7, 11) is 3.75. The second kappa shape index (κ2) is 23.6. The van der Waals surface area contributed by atoms with Crippen molar-refractivity contribution in [3.8, 4) is 33.8 Å². The predicted octanol–water partition coefficient (Wildman–Crippen LogP) is 10.9. The summed E-state index contributed by atoms with van der Waals surface area (Å²) in [6.07, 6.45) is 7.04. The van der Waals surface area contributed by atoms with Gasteiger partial charge in [-0.15, -0.1) is 0 Å². The topological polar surface area (TPSA) is 59.5 Å². The number of hydrogen-bond acceptors (Lipinski definition) is 6. The van der Waals surface area contributed by atoms with Gasteiger partial charge in [0, 0.05) is 86.1 Å². The molecule has 304 valence electrons. The molecule has 6 nitrogen and oxygen atoms in total. The minimum absolute atomic E-state index is 0. The summed E-state index contributed by atoms with van der Waals surface area (Å²) < 4.78 is 78.5. The summed E-state index contributed by atoms with van der Waals surface area (Å²) >= 11 is 12.1. The molecule has 0 unspecified atom stereocenters. The number of alkyl halides is 4. The fourth-order valence-electron chi connectivity index (χ4n) is 5.95. The van der Waals surface area contributed by atoms with E-state index in [4.69, 9.17) is 29.3 Å². The number of ether oxygens (including phenoxy) is 2. The van der Waals surface area contributed by atoms with Crippen LogP contribution in [-0.2, 0) is 12.8 Å². The van der Waals surface area contributed by atoms with Crippen molar-refractivity contribution in [1.29, 1.82) is 1.34 Å². The molecule has 2 aliphatic heterocycles. The quantitative estimate of drug-likeness (QED) is 0.0793. The minimum Gasteiger partial charge on any atom is -0.434 e. The number of rotatable bonds is 11. The van der Waals surface area contributed by atoms with Crippen LogP contribution in [0.25, 0.3) is 22.3 Å². The van der Waals surface area contributed by atoms with Crippen molar-refractivity contribution in [1.82, 2.24) is 15.3 Å². The Morgan fingerprint density at radius 2 is 1.10 bits per heavy atom. The van der Waals surface area contributed by atoms with Gasteiger partial charge in [-0.25, -0.2) is 9.97 Å². The van der Waals surface area contributed by atoms with Crippen LogP contribution < -0.4 is 19.7 Å². The predicted molar refractivity (Wildman–Crippen MR) is 223 cm³/mol. The van der Waals surface area contributed by atoms with E-state index in [9.17, 15) is 22.0 Å². The fourth-order valence-corrected chi connectivity index (χ4v) is 6.33. The summed E-state index contributed by atoms with van der Waals surface area (Å²) in [5, 5.41) is 4.14. The molecule has 1 N–H and O–H groups in total. The molecule has 2 aliphatic rings. The van der Waals surface area contributed by atoms with Crippen LogP contribution in [0.1, 0.15) is 35.1 Å². The van der Waals surface area contributed by atoms with E-state index in [1.54, 1.807) is 72.8 Å². The van der Waals surface area contributed by atoms with Crippen LogP contribution in [0, 0.1) is 37.1 Å². The summed E-state index contributed by atoms with van der Waals surface area (Å²) in [6.45, 7) is -1.20. The van der Waals surface area contributed by atoms with Gasteiger partial charge >= 0.3 is 13.2 Å². The number of aromatic nitrogens is 2. The first-order chi connectivity index (χ1) is 28.6. The number of halogens is 7. The molecular formula is C44H40BCl2F5N4O2U. The Bertz CT molecular complexity index is 2220. The zero-order chi connectivity index (χ0) is 42.1. The van der Waals surface area contributed by atoms with Crippen molar-refractivity contribution in [2.24, 2.45) is 0 Å². The maximum absolute atomic E-state index is 12.9. The van der Waals surface area contributed by atoms with Crippen molar-refractivity contribution >= 4 is 37.4 Å². The number of nitrogens with zero attached hydrogens (tertiary/aromatic N) is 3. The van der Waals surface area contributed by atoms with Crippen molar-refractivity contribution in [2.45, 2.75) is 38.9 Å². The first-order valence-corrected chi connectivity index (χ1v) is 19.0. The smallest absolute Gasteiger partial charge is 0.387 e. The SMILES string of the molecule is C1CNC1.FC(F)Oc1ccc(Cc2ccc(N3CCC3)nc2)cc1-c1cccc(Cl)c1.Fc1ccc(Cc2ccc(OC(F)F)c(-c3cccc(Cl)c3)c2)cn1.[2H][B].[U]. The average Bonchev–Trinajstić information content (AvgIpc) is 3.17. The third-order valence-electron chi connectivity index (χ3n) is 9.09. The molecule has 4 heterocycles. The molecule has 0 spiro atoms. The van der Waals surface area contributed by atoms with E-state index >= 15 is 0 Å². The van der Waals surface area contributed by atoms with Crippen molar-refractivity contribution in [2.75, 3.05) is 31.1 Å². The van der Waals surface area contributed by atoms with Crippen molar-refractivity contribution in [3.63, 3.8) is 0 Å². The molecule has 2 fully saturated rings. The van der Waals surface area contributed by atoms with Gasteiger partial charge in [-0.1, -0.05) is 71.7 Å². The van der Waals surface area contributed by atoms with Gasteiger partial charge in [-0.2, -0.15) is 22.0 Å². The number of benzene rings is 4. The van der Waals surface area contributed by atoms with Crippen LogP contribution in [-0.4, -0.2) is 59.1 Å². The van der Waals surface area contributed by atoms with Crippen LogP contribution >= 0.6 is 23.2 Å². The molecule has 0 amide bonds. The van der Waals surface area contributed by atoms with E-state index in [1.165, 1.54) is 44.3 Å². The van der Waals surface area contributed by atoms with E-state index in [-0.39, 0.29) is 42.6 Å². The van der Waals surface area contributed by atoms with Crippen LogP contribution in [0.2, 0.25) is 10.0 Å². The largest absolute Gasteiger partial charge is 0.434 e. The Balaban J connectivity index is 0.000000230.